The van der Waals surface area contributed by atoms with E-state index in [1.54, 1.807) is 0 Å². The van der Waals surface area contributed by atoms with Crippen LogP contribution in [0.3, 0.4) is 0 Å². The van der Waals surface area contributed by atoms with E-state index >= 15 is 0 Å². The fourth-order valence-corrected chi connectivity index (χ4v) is 2.51. The van der Waals surface area contributed by atoms with Crippen LogP contribution in [0.15, 0.2) is 48.7 Å². The van der Waals surface area contributed by atoms with Crippen LogP contribution >= 0.6 is 0 Å². The highest BCUT2D eigenvalue weighted by Gasteiger charge is 2.16. The summed E-state index contributed by atoms with van der Waals surface area (Å²) in [5.41, 5.74) is 9.78. The molecule has 2 N–H and O–H groups in total. The van der Waals surface area contributed by atoms with Crippen molar-refractivity contribution in [2.45, 2.75) is 13.0 Å². The molecule has 0 spiro atoms. The molecule has 0 fully saturated rings. The van der Waals surface area contributed by atoms with Crippen molar-refractivity contribution in [1.29, 1.82) is 0 Å². The van der Waals surface area contributed by atoms with Crippen molar-refractivity contribution in [3.63, 3.8) is 0 Å². The lowest BCUT2D eigenvalue weighted by Crippen LogP contribution is -2.13. The van der Waals surface area contributed by atoms with Gasteiger partial charge < -0.3 is 5.73 Å². The van der Waals surface area contributed by atoms with E-state index in [4.69, 9.17) is 5.73 Å². The molecule has 3 aromatic rings. The molecule has 3 nitrogen and oxygen atoms in total. The summed E-state index contributed by atoms with van der Waals surface area (Å²) in [4.78, 5) is 0. The first-order valence-electron chi connectivity index (χ1n) is 6.40. The van der Waals surface area contributed by atoms with Crippen molar-refractivity contribution in [2.75, 3.05) is 0 Å². The third kappa shape index (κ3) is 1.92. The smallest absolute Gasteiger partial charge is 0.0591 e. The SMILES string of the molecule is Cc1c(C(N)c2cccc3ccccc23)cnn1C. The maximum atomic E-state index is 6.44. The van der Waals surface area contributed by atoms with Gasteiger partial charge in [-0.15, -0.1) is 0 Å². The largest absolute Gasteiger partial charge is 0.320 e. The molecule has 0 saturated carbocycles. The van der Waals surface area contributed by atoms with E-state index < -0.39 is 0 Å². The van der Waals surface area contributed by atoms with Gasteiger partial charge in [-0.2, -0.15) is 5.10 Å². The summed E-state index contributed by atoms with van der Waals surface area (Å²) in [6, 6.07) is 14.5. The average molecular weight is 251 g/mol. The molecular formula is C16H17N3. The fraction of sp³-hybridized carbons (Fsp3) is 0.188. The van der Waals surface area contributed by atoms with Gasteiger partial charge in [0.25, 0.3) is 0 Å². The van der Waals surface area contributed by atoms with Gasteiger partial charge in [-0.1, -0.05) is 42.5 Å². The van der Waals surface area contributed by atoms with Crippen LogP contribution in [0, 0.1) is 6.92 Å². The van der Waals surface area contributed by atoms with Crippen LogP contribution in [0.1, 0.15) is 22.9 Å². The molecule has 19 heavy (non-hydrogen) atoms. The van der Waals surface area contributed by atoms with E-state index in [0.717, 1.165) is 16.8 Å². The van der Waals surface area contributed by atoms with Gasteiger partial charge in [-0.05, 0) is 23.3 Å². The first-order chi connectivity index (χ1) is 9.18. The predicted molar refractivity (Wildman–Crippen MR) is 77.9 cm³/mol. The number of benzene rings is 2. The fourth-order valence-electron chi connectivity index (χ4n) is 2.51. The average Bonchev–Trinajstić information content (AvgIpc) is 2.78. The molecule has 1 heterocycles. The van der Waals surface area contributed by atoms with Crippen LogP contribution in [0.5, 0.6) is 0 Å². The highest BCUT2D eigenvalue weighted by Crippen LogP contribution is 2.28. The van der Waals surface area contributed by atoms with Crippen molar-refractivity contribution >= 4 is 10.8 Å². The van der Waals surface area contributed by atoms with Crippen molar-refractivity contribution in [3.05, 3.63) is 65.5 Å². The molecule has 0 saturated heterocycles. The Morgan fingerprint density at radius 1 is 1.05 bits per heavy atom. The van der Waals surface area contributed by atoms with Crippen LogP contribution in [-0.4, -0.2) is 9.78 Å². The summed E-state index contributed by atoms with van der Waals surface area (Å²) in [6.07, 6.45) is 1.86. The molecule has 1 unspecified atom stereocenters. The normalized spacial score (nSPS) is 12.8. The Hall–Kier alpha value is -2.13. The lowest BCUT2D eigenvalue weighted by molar-refractivity contribution is 0.734. The summed E-state index contributed by atoms with van der Waals surface area (Å²) >= 11 is 0. The monoisotopic (exact) mass is 251 g/mol. The maximum Gasteiger partial charge on any atom is 0.0591 e. The first kappa shape index (κ1) is 11.9. The van der Waals surface area contributed by atoms with Crippen LogP contribution in [0.4, 0.5) is 0 Å². The van der Waals surface area contributed by atoms with Gasteiger partial charge in [0.05, 0.1) is 12.2 Å². The Bertz CT molecular complexity index is 722. The molecule has 2 aromatic carbocycles. The summed E-state index contributed by atoms with van der Waals surface area (Å²) in [7, 11) is 1.94. The van der Waals surface area contributed by atoms with Crippen molar-refractivity contribution < 1.29 is 0 Å². The van der Waals surface area contributed by atoms with E-state index in [-0.39, 0.29) is 6.04 Å². The van der Waals surface area contributed by atoms with Gasteiger partial charge in [-0.25, -0.2) is 0 Å². The van der Waals surface area contributed by atoms with Gasteiger partial charge in [-0.3, -0.25) is 4.68 Å². The van der Waals surface area contributed by atoms with E-state index in [2.05, 4.69) is 41.5 Å². The predicted octanol–water partition coefficient (Wildman–Crippen LogP) is 2.93. The number of hydrogen-bond donors (Lipinski definition) is 1. The zero-order chi connectivity index (χ0) is 13.4. The van der Waals surface area contributed by atoms with E-state index in [0.29, 0.717) is 0 Å². The number of hydrogen-bond acceptors (Lipinski definition) is 2. The molecule has 0 bridgehead atoms. The minimum atomic E-state index is -0.139. The number of rotatable bonds is 2. The quantitative estimate of drug-likeness (QED) is 0.761. The number of fused-ring (bicyclic) bond motifs is 1. The minimum absolute atomic E-state index is 0.139. The summed E-state index contributed by atoms with van der Waals surface area (Å²) in [6.45, 7) is 2.05. The maximum absolute atomic E-state index is 6.44. The lowest BCUT2D eigenvalue weighted by Gasteiger charge is -2.14. The first-order valence-corrected chi connectivity index (χ1v) is 6.40. The molecule has 0 aliphatic carbocycles. The second kappa shape index (κ2) is 4.52. The van der Waals surface area contributed by atoms with E-state index in [1.807, 2.05) is 30.9 Å². The Labute approximate surface area is 112 Å². The summed E-state index contributed by atoms with van der Waals surface area (Å²) in [5, 5.41) is 6.71. The van der Waals surface area contributed by atoms with Crippen molar-refractivity contribution in [1.82, 2.24) is 9.78 Å². The lowest BCUT2D eigenvalue weighted by atomic mass is 9.95. The molecule has 0 aliphatic rings. The Morgan fingerprint density at radius 3 is 2.53 bits per heavy atom. The zero-order valence-corrected chi connectivity index (χ0v) is 11.2. The molecule has 3 rings (SSSR count). The number of nitrogens with zero attached hydrogens (tertiary/aromatic N) is 2. The molecule has 1 aromatic heterocycles. The number of nitrogens with two attached hydrogens (primary N) is 1. The molecule has 96 valence electrons. The summed E-state index contributed by atoms with van der Waals surface area (Å²) < 4.78 is 1.86. The standard InChI is InChI=1S/C16H17N3/c1-11-15(10-18-19(11)2)16(17)14-9-5-7-12-6-3-4-8-13(12)14/h3-10,16H,17H2,1-2H3. The Kier molecular flexibility index (Phi) is 2.84. The molecule has 3 heteroatoms. The topological polar surface area (TPSA) is 43.8 Å². The Balaban J connectivity index is 2.17. The van der Waals surface area contributed by atoms with Gasteiger partial charge in [0.1, 0.15) is 0 Å². The highest BCUT2D eigenvalue weighted by atomic mass is 15.3. The molecule has 0 amide bonds. The van der Waals surface area contributed by atoms with Crippen LogP contribution in [0.2, 0.25) is 0 Å². The van der Waals surface area contributed by atoms with Crippen molar-refractivity contribution in [3.8, 4) is 0 Å². The summed E-state index contributed by atoms with van der Waals surface area (Å²) in [5.74, 6) is 0. The molecule has 1 atom stereocenters. The van der Waals surface area contributed by atoms with Crippen LogP contribution < -0.4 is 5.73 Å². The third-order valence-electron chi connectivity index (χ3n) is 3.77. The number of aromatic nitrogens is 2. The highest BCUT2D eigenvalue weighted by molar-refractivity contribution is 5.86. The zero-order valence-electron chi connectivity index (χ0n) is 11.2. The van der Waals surface area contributed by atoms with Crippen molar-refractivity contribution in [2.24, 2.45) is 12.8 Å². The second-order valence-electron chi connectivity index (χ2n) is 4.85. The Morgan fingerprint density at radius 2 is 1.79 bits per heavy atom. The van der Waals surface area contributed by atoms with Gasteiger partial charge in [0, 0.05) is 18.3 Å². The van der Waals surface area contributed by atoms with Gasteiger partial charge >= 0.3 is 0 Å². The second-order valence-corrected chi connectivity index (χ2v) is 4.85. The molecular weight excluding hydrogens is 234 g/mol. The van der Waals surface area contributed by atoms with Gasteiger partial charge in [0.2, 0.25) is 0 Å². The van der Waals surface area contributed by atoms with E-state index in [1.165, 1.54) is 10.8 Å². The van der Waals surface area contributed by atoms with Crippen LogP contribution in [0.25, 0.3) is 10.8 Å². The minimum Gasteiger partial charge on any atom is -0.320 e. The molecule has 0 radical (unpaired) electrons. The number of aryl methyl sites for hydroxylation is 1. The van der Waals surface area contributed by atoms with E-state index in [9.17, 15) is 0 Å². The molecule has 0 aliphatic heterocycles. The van der Waals surface area contributed by atoms with Crippen LogP contribution in [-0.2, 0) is 7.05 Å². The van der Waals surface area contributed by atoms with Gasteiger partial charge in [0.15, 0.2) is 0 Å². The third-order valence-corrected chi connectivity index (χ3v) is 3.77.